The third-order valence-electron chi connectivity index (χ3n) is 3.87. The minimum atomic E-state index is -0.439. The summed E-state index contributed by atoms with van der Waals surface area (Å²) < 4.78 is 0. The zero-order chi connectivity index (χ0) is 13.4. The molecule has 1 heterocycles. The van der Waals surface area contributed by atoms with Crippen LogP contribution in [0.25, 0.3) is 0 Å². The maximum atomic E-state index is 11.7. The highest BCUT2D eigenvalue weighted by atomic mass is 16.2. The van der Waals surface area contributed by atoms with Crippen LogP contribution in [0.15, 0.2) is 12.2 Å². The Bertz CT molecular complexity index is 346. The van der Waals surface area contributed by atoms with E-state index in [2.05, 4.69) is 27.7 Å². The van der Waals surface area contributed by atoms with Gasteiger partial charge in [0.25, 0.3) is 11.8 Å². The van der Waals surface area contributed by atoms with Crippen LogP contribution in [-0.4, -0.2) is 22.3 Å². The second-order valence-electron chi connectivity index (χ2n) is 6.48. The Balaban J connectivity index is 2.89. The summed E-state index contributed by atoms with van der Waals surface area (Å²) in [5.74, 6) is 0.113. The van der Waals surface area contributed by atoms with E-state index in [1.165, 1.54) is 17.1 Å². The third kappa shape index (κ3) is 2.76. The first kappa shape index (κ1) is 13.9. The van der Waals surface area contributed by atoms with Gasteiger partial charge in [0.15, 0.2) is 0 Å². The van der Waals surface area contributed by atoms with Crippen molar-refractivity contribution >= 4 is 11.8 Å². The van der Waals surface area contributed by atoms with E-state index in [0.717, 1.165) is 6.42 Å². The van der Waals surface area contributed by atoms with Crippen molar-refractivity contribution in [3.05, 3.63) is 12.2 Å². The number of hydrogen-bond acceptors (Lipinski definition) is 2. The molecule has 0 saturated heterocycles. The monoisotopic (exact) mass is 237 g/mol. The van der Waals surface area contributed by atoms with Gasteiger partial charge in [-0.3, -0.25) is 14.5 Å². The van der Waals surface area contributed by atoms with E-state index in [1.54, 1.807) is 0 Å². The van der Waals surface area contributed by atoms with Gasteiger partial charge in [0, 0.05) is 17.7 Å². The Morgan fingerprint density at radius 3 is 1.82 bits per heavy atom. The van der Waals surface area contributed by atoms with Gasteiger partial charge in [-0.2, -0.15) is 0 Å². The molecule has 3 nitrogen and oxygen atoms in total. The molecule has 0 bridgehead atoms. The van der Waals surface area contributed by atoms with Crippen LogP contribution in [-0.2, 0) is 9.59 Å². The normalized spacial score (nSPS) is 17.5. The van der Waals surface area contributed by atoms with Gasteiger partial charge in [0.05, 0.1) is 0 Å². The van der Waals surface area contributed by atoms with Crippen LogP contribution in [0.5, 0.6) is 0 Å². The Morgan fingerprint density at radius 1 is 1.06 bits per heavy atom. The van der Waals surface area contributed by atoms with Crippen molar-refractivity contribution in [3.63, 3.8) is 0 Å². The minimum Gasteiger partial charge on any atom is -0.270 e. The van der Waals surface area contributed by atoms with E-state index in [9.17, 15) is 9.59 Å². The lowest BCUT2D eigenvalue weighted by molar-refractivity contribution is -0.144. The van der Waals surface area contributed by atoms with Gasteiger partial charge in [-0.15, -0.1) is 0 Å². The zero-order valence-corrected chi connectivity index (χ0v) is 11.7. The van der Waals surface area contributed by atoms with Crippen LogP contribution in [0.1, 0.15) is 48.0 Å². The average Bonchev–Trinajstić information content (AvgIpc) is 2.44. The summed E-state index contributed by atoms with van der Waals surface area (Å²) in [6.45, 7) is 12.6. The smallest absolute Gasteiger partial charge is 0.254 e. The number of carbonyl (C=O) groups is 2. The molecule has 0 N–H and O–H groups in total. The van der Waals surface area contributed by atoms with Gasteiger partial charge in [-0.25, -0.2) is 0 Å². The number of nitrogens with zero attached hydrogens (tertiary/aromatic N) is 1. The highest BCUT2D eigenvalue weighted by Crippen LogP contribution is 2.38. The van der Waals surface area contributed by atoms with Crippen molar-refractivity contribution in [3.8, 4) is 0 Å². The largest absolute Gasteiger partial charge is 0.270 e. The van der Waals surface area contributed by atoms with Gasteiger partial charge in [-0.1, -0.05) is 27.7 Å². The molecule has 0 aliphatic carbocycles. The molecule has 0 spiro atoms. The number of amides is 2. The SMILES string of the molecule is CC(C)C(C)(C)CC(C)(C)N1C(=O)C=CC1=O. The predicted molar refractivity (Wildman–Crippen MR) is 68.3 cm³/mol. The molecule has 0 aromatic heterocycles. The van der Waals surface area contributed by atoms with E-state index in [-0.39, 0.29) is 17.2 Å². The number of hydrogen-bond donors (Lipinski definition) is 0. The van der Waals surface area contributed by atoms with Gasteiger partial charge >= 0.3 is 0 Å². The molecule has 17 heavy (non-hydrogen) atoms. The van der Waals surface area contributed by atoms with Gasteiger partial charge in [0.2, 0.25) is 0 Å². The van der Waals surface area contributed by atoms with E-state index in [1.807, 2.05) is 13.8 Å². The van der Waals surface area contributed by atoms with Crippen LogP contribution in [0.4, 0.5) is 0 Å². The molecule has 96 valence electrons. The maximum absolute atomic E-state index is 11.7. The molecule has 0 radical (unpaired) electrons. The first-order valence-electron chi connectivity index (χ1n) is 6.14. The standard InChI is InChI=1S/C14H23NO2/c1-10(2)13(3,4)9-14(5,6)15-11(16)7-8-12(15)17/h7-8,10H,9H2,1-6H3. The van der Waals surface area contributed by atoms with Gasteiger partial charge < -0.3 is 0 Å². The van der Waals surface area contributed by atoms with Crippen LogP contribution < -0.4 is 0 Å². The molecular weight excluding hydrogens is 214 g/mol. The van der Waals surface area contributed by atoms with Crippen molar-refractivity contribution in [2.24, 2.45) is 11.3 Å². The Morgan fingerprint density at radius 2 is 1.47 bits per heavy atom. The number of carbonyl (C=O) groups excluding carboxylic acids is 2. The van der Waals surface area contributed by atoms with Crippen molar-refractivity contribution in [1.82, 2.24) is 4.90 Å². The second-order valence-corrected chi connectivity index (χ2v) is 6.48. The summed E-state index contributed by atoms with van der Waals surface area (Å²) in [6.07, 6.45) is 3.51. The molecule has 0 saturated carbocycles. The van der Waals surface area contributed by atoms with Crippen LogP contribution in [0.2, 0.25) is 0 Å². The zero-order valence-electron chi connectivity index (χ0n) is 11.7. The van der Waals surface area contributed by atoms with Crippen LogP contribution in [0, 0.1) is 11.3 Å². The Labute approximate surface area is 104 Å². The van der Waals surface area contributed by atoms with E-state index in [0.29, 0.717) is 5.92 Å². The summed E-state index contributed by atoms with van der Waals surface area (Å²) in [5, 5.41) is 0. The molecule has 1 aliphatic rings. The van der Waals surface area contributed by atoms with Crippen LogP contribution >= 0.6 is 0 Å². The average molecular weight is 237 g/mol. The topological polar surface area (TPSA) is 37.4 Å². The quantitative estimate of drug-likeness (QED) is 0.705. The highest BCUT2D eigenvalue weighted by molar-refractivity contribution is 6.13. The molecule has 0 fully saturated rings. The van der Waals surface area contributed by atoms with Crippen molar-refractivity contribution in [1.29, 1.82) is 0 Å². The van der Waals surface area contributed by atoms with Gasteiger partial charge in [-0.05, 0) is 31.6 Å². The highest BCUT2D eigenvalue weighted by Gasteiger charge is 2.41. The first-order chi connectivity index (χ1) is 7.58. The molecule has 3 heteroatoms. The molecule has 2 amide bonds. The Kier molecular flexibility index (Phi) is 3.51. The maximum Gasteiger partial charge on any atom is 0.254 e. The molecule has 1 rings (SSSR count). The lowest BCUT2D eigenvalue weighted by Gasteiger charge is -2.42. The number of rotatable bonds is 4. The minimum absolute atomic E-state index is 0.0899. The summed E-state index contributed by atoms with van der Waals surface area (Å²) in [5.41, 5.74) is -0.349. The summed E-state index contributed by atoms with van der Waals surface area (Å²) >= 11 is 0. The lowest BCUT2D eigenvalue weighted by Crippen LogP contribution is -2.50. The second kappa shape index (κ2) is 4.28. The summed E-state index contributed by atoms with van der Waals surface area (Å²) in [7, 11) is 0. The summed E-state index contributed by atoms with van der Waals surface area (Å²) in [4.78, 5) is 24.8. The molecule has 0 aromatic carbocycles. The molecule has 0 atom stereocenters. The molecule has 0 unspecified atom stereocenters. The van der Waals surface area contributed by atoms with Crippen LogP contribution in [0.3, 0.4) is 0 Å². The van der Waals surface area contributed by atoms with Gasteiger partial charge in [0.1, 0.15) is 0 Å². The number of imide groups is 1. The predicted octanol–water partition coefficient (Wildman–Crippen LogP) is 2.76. The third-order valence-corrected chi connectivity index (χ3v) is 3.87. The van der Waals surface area contributed by atoms with E-state index < -0.39 is 5.54 Å². The summed E-state index contributed by atoms with van der Waals surface area (Å²) in [6, 6.07) is 0. The molecular formula is C14H23NO2. The lowest BCUT2D eigenvalue weighted by atomic mass is 9.72. The van der Waals surface area contributed by atoms with Crippen molar-refractivity contribution < 1.29 is 9.59 Å². The first-order valence-corrected chi connectivity index (χ1v) is 6.14. The van der Waals surface area contributed by atoms with Crippen molar-refractivity contribution in [2.45, 2.75) is 53.5 Å². The molecule has 0 aromatic rings. The Hall–Kier alpha value is -1.12. The van der Waals surface area contributed by atoms with E-state index >= 15 is 0 Å². The molecule has 1 aliphatic heterocycles. The van der Waals surface area contributed by atoms with E-state index in [4.69, 9.17) is 0 Å². The van der Waals surface area contributed by atoms with Crippen molar-refractivity contribution in [2.75, 3.05) is 0 Å². The fourth-order valence-corrected chi connectivity index (χ4v) is 2.40. The fourth-order valence-electron chi connectivity index (χ4n) is 2.40. The fraction of sp³-hybridized carbons (Fsp3) is 0.714.